The van der Waals surface area contributed by atoms with Crippen LogP contribution in [-0.4, -0.2) is 26.5 Å². The minimum atomic E-state index is 0.844. The van der Waals surface area contributed by atoms with E-state index in [9.17, 15) is 0 Å². The molecule has 0 heterocycles. The van der Waals surface area contributed by atoms with Crippen molar-refractivity contribution >= 4 is 27.8 Å². The Hall–Kier alpha value is -2.66. The first-order chi connectivity index (χ1) is 16.2. The molecule has 0 amide bonds. The van der Waals surface area contributed by atoms with Gasteiger partial charge in [-0.3, -0.25) is 0 Å². The van der Waals surface area contributed by atoms with Crippen molar-refractivity contribution in [2.75, 3.05) is 26.5 Å². The van der Waals surface area contributed by atoms with Crippen molar-refractivity contribution in [1.29, 1.82) is 0 Å². The maximum Gasteiger partial charge on any atom is 0.126 e. The first-order valence-electron chi connectivity index (χ1n) is 10.9. The highest BCUT2D eigenvalue weighted by Crippen LogP contribution is 2.21. The molecular formula is C29H36O2P2. The lowest BCUT2D eigenvalue weighted by molar-refractivity contribution is 0.415. The van der Waals surface area contributed by atoms with Crippen molar-refractivity contribution in [3.63, 3.8) is 0 Å². The Bertz CT molecular complexity index is 923. The van der Waals surface area contributed by atoms with Crippen molar-refractivity contribution in [3.8, 4) is 11.5 Å². The SMILES string of the molecule is C=C/C=C\C=C/C.COc1ccccc1.COc1ccccc1PCCPc1ccccc1. The first kappa shape index (κ1) is 28.4. The lowest BCUT2D eigenvalue weighted by Gasteiger charge is -2.08. The number of allylic oxidation sites excluding steroid dienone is 5. The molecule has 0 aromatic heterocycles. The summed E-state index contributed by atoms with van der Waals surface area (Å²) in [5.41, 5.74) is 0. The molecule has 174 valence electrons. The number of methoxy groups -OCH3 is 2. The van der Waals surface area contributed by atoms with Gasteiger partial charge in [0.1, 0.15) is 11.5 Å². The van der Waals surface area contributed by atoms with Crippen molar-refractivity contribution in [1.82, 2.24) is 0 Å². The van der Waals surface area contributed by atoms with E-state index in [1.165, 1.54) is 22.9 Å². The van der Waals surface area contributed by atoms with Gasteiger partial charge in [-0.25, -0.2) is 0 Å². The zero-order valence-electron chi connectivity index (χ0n) is 19.9. The van der Waals surface area contributed by atoms with E-state index in [-0.39, 0.29) is 0 Å². The summed E-state index contributed by atoms with van der Waals surface area (Å²) in [7, 11) is 5.17. The number of hydrogen-bond acceptors (Lipinski definition) is 2. The second-order valence-corrected chi connectivity index (χ2v) is 9.41. The van der Waals surface area contributed by atoms with Crippen LogP contribution in [0.3, 0.4) is 0 Å². The van der Waals surface area contributed by atoms with E-state index < -0.39 is 0 Å². The third-order valence-electron chi connectivity index (χ3n) is 4.18. The monoisotopic (exact) mass is 478 g/mol. The van der Waals surface area contributed by atoms with Crippen LogP contribution >= 0.6 is 17.2 Å². The molecular weight excluding hydrogens is 442 g/mol. The number of hydrogen-bond donors (Lipinski definition) is 0. The highest BCUT2D eigenvalue weighted by atomic mass is 31.1. The number of rotatable bonds is 9. The van der Waals surface area contributed by atoms with E-state index in [4.69, 9.17) is 9.47 Å². The second kappa shape index (κ2) is 20.0. The van der Waals surface area contributed by atoms with Gasteiger partial charge in [-0.15, -0.1) is 0 Å². The van der Waals surface area contributed by atoms with Gasteiger partial charge in [-0.1, -0.05) is 121 Å². The van der Waals surface area contributed by atoms with Gasteiger partial charge < -0.3 is 9.47 Å². The molecule has 2 nitrogen and oxygen atoms in total. The second-order valence-electron chi connectivity index (χ2n) is 6.58. The fourth-order valence-corrected chi connectivity index (χ4v) is 5.12. The van der Waals surface area contributed by atoms with Gasteiger partial charge in [0.05, 0.1) is 14.2 Å². The van der Waals surface area contributed by atoms with Crippen LogP contribution in [0.5, 0.6) is 11.5 Å². The van der Waals surface area contributed by atoms with E-state index in [1.54, 1.807) is 20.3 Å². The molecule has 2 atom stereocenters. The fourth-order valence-electron chi connectivity index (χ4n) is 2.56. The normalized spacial score (nSPS) is 10.8. The molecule has 33 heavy (non-hydrogen) atoms. The minimum Gasteiger partial charge on any atom is -0.497 e. The van der Waals surface area contributed by atoms with Crippen molar-refractivity contribution < 1.29 is 9.47 Å². The molecule has 0 aliphatic rings. The molecule has 0 spiro atoms. The van der Waals surface area contributed by atoms with Crippen LogP contribution < -0.4 is 20.1 Å². The molecule has 4 heteroatoms. The molecule has 0 fully saturated rings. The number of para-hydroxylation sites is 2. The zero-order chi connectivity index (χ0) is 24.0. The summed E-state index contributed by atoms with van der Waals surface area (Å²) in [6.07, 6.45) is 12.0. The van der Waals surface area contributed by atoms with Crippen LogP contribution in [0.1, 0.15) is 6.92 Å². The zero-order valence-corrected chi connectivity index (χ0v) is 21.9. The van der Waals surface area contributed by atoms with E-state index in [0.29, 0.717) is 0 Å². The number of ether oxygens (including phenoxy) is 2. The van der Waals surface area contributed by atoms with Crippen LogP contribution in [-0.2, 0) is 0 Å². The largest absolute Gasteiger partial charge is 0.497 e. The van der Waals surface area contributed by atoms with Crippen LogP contribution in [0.25, 0.3) is 0 Å². The molecule has 0 radical (unpaired) electrons. The van der Waals surface area contributed by atoms with E-state index in [0.717, 1.165) is 28.7 Å². The summed E-state index contributed by atoms with van der Waals surface area (Å²) in [4.78, 5) is 0. The average molecular weight is 479 g/mol. The third kappa shape index (κ3) is 14.2. The molecule has 2 unspecified atom stereocenters. The Morgan fingerprint density at radius 2 is 1.30 bits per heavy atom. The van der Waals surface area contributed by atoms with Gasteiger partial charge in [-0.05, 0) is 42.8 Å². The molecule has 3 aromatic carbocycles. The summed E-state index contributed by atoms with van der Waals surface area (Å²) >= 11 is 0. The van der Waals surface area contributed by atoms with Gasteiger partial charge in [0.25, 0.3) is 0 Å². The molecule has 3 rings (SSSR count). The Morgan fingerprint density at radius 1 is 0.697 bits per heavy atom. The van der Waals surface area contributed by atoms with Crippen LogP contribution in [0.4, 0.5) is 0 Å². The Kier molecular flexibility index (Phi) is 17.2. The maximum atomic E-state index is 5.37. The number of benzene rings is 3. The third-order valence-corrected chi connectivity index (χ3v) is 7.22. The average Bonchev–Trinajstić information content (AvgIpc) is 2.89. The molecule has 0 aliphatic carbocycles. The van der Waals surface area contributed by atoms with E-state index in [2.05, 4.69) is 49.0 Å². The molecule has 0 saturated heterocycles. The summed E-state index contributed by atoms with van der Waals surface area (Å²) in [5.74, 6) is 1.94. The highest BCUT2D eigenvalue weighted by Gasteiger charge is 2.01. The predicted molar refractivity (Wildman–Crippen MR) is 152 cm³/mol. The molecule has 3 aromatic rings. The highest BCUT2D eigenvalue weighted by molar-refractivity contribution is 7.51. The van der Waals surface area contributed by atoms with Gasteiger partial charge in [-0.2, -0.15) is 0 Å². The Morgan fingerprint density at radius 3 is 1.88 bits per heavy atom. The summed E-state index contributed by atoms with van der Waals surface area (Å²) in [6, 6.07) is 28.7. The minimum absolute atomic E-state index is 0.844. The van der Waals surface area contributed by atoms with Crippen molar-refractivity contribution in [2.24, 2.45) is 0 Å². The molecule has 0 N–H and O–H groups in total. The Labute approximate surface area is 204 Å². The molecule has 0 bridgehead atoms. The van der Waals surface area contributed by atoms with Gasteiger partial charge >= 0.3 is 0 Å². The van der Waals surface area contributed by atoms with Crippen molar-refractivity contribution in [3.05, 3.63) is 122 Å². The summed E-state index contributed by atoms with van der Waals surface area (Å²) in [6.45, 7) is 5.49. The van der Waals surface area contributed by atoms with Crippen LogP contribution in [0, 0.1) is 0 Å². The smallest absolute Gasteiger partial charge is 0.126 e. The standard InChI is InChI=1S/C15H18OP2.C7H8O.C7H10/c1-16-14-9-5-6-10-15(14)18-12-11-17-13-7-3-2-4-8-13;1-8-7-5-3-2-4-6-7;1-3-5-7-6-4-2/h2-10,17-18H,11-12H2,1H3;2-6H,1H3;3-7H,1H2,2H3/b;;6-4-,7-5-. The van der Waals surface area contributed by atoms with Crippen LogP contribution in [0.2, 0.25) is 0 Å². The molecule has 0 saturated carbocycles. The van der Waals surface area contributed by atoms with Crippen molar-refractivity contribution in [2.45, 2.75) is 6.92 Å². The van der Waals surface area contributed by atoms with E-state index >= 15 is 0 Å². The predicted octanol–water partition coefficient (Wildman–Crippen LogP) is 7.00. The fraction of sp³-hybridized carbons (Fsp3) is 0.172. The Balaban J connectivity index is 0.000000300. The summed E-state index contributed by atoms with van der Waals surface area (Å²) < 4.78 is 10.3. The summed E-state index contributed by atoms with van der Waals surface area (Å²) in [5, 5.41) is 2.81. The maximum absolute atomic E-state index is 5.37. The van der Waals surface area contributed by atoms with Gasteiger partial charge in [0.15, 0.2) is 0 Å². The lowest BCUT2D eigenvalue weighted by atomic mass is 10.3. The quantitative estimate of drug-likeness (QED) is 0.187. The van der Waals surface area contributed by atoms with Gasteiger partial charge in [0.2, 0.25) is 0 Å². The van der Waals surface area contributed by atoms with Crippen LogP contribution in [0.15, 0.2) is 122 Å². The molecule has 0 aliphatic heterocycles. The first-order valence-corrected chi connectivity index (χ1v) is 13.3. The topological polar surface area (TPSA) is 18.5 Å². The van der Waals surface area contributed by atoms with E-state index in [1.807, 2.05) is 73.7 Å². The van der Waals surface area contributed by atoms with Gasteiger partial charge in [0, 0.05) is 5.30 Å². The lowest BCUT2D eigenvalue weighted by Crippen LogP contribution is -2.02.